The molecule has 2 aromatic heterocycles. The number of aliphatic hydroxyl groups excluding tert-OH is 2. The molecule has 0 radical (unpaired) electrons. The Morgan fingerprint density at radius 1 is 0.941 bits per heavy atom. The summed E-state index contributed by atoms with van der Waals surface area (Å²) in [5.41, 5.74) is -0.897. The standard InChI is InChI=1S/C51H81N5O12/c1-14-39-51(11)45(56(49(61)68-51)22-17-16-21-55-27-37(53-28-55)36-19-18-20-52-26-36)32(6)41(57)30(4)25-50(10,62-13)46(67-48-43(59)38(54(12)15-2)24-31(5)63-48)33(7)44(34(8)47(60)65-39)66-40-23-29(3)42(58)35(9)64-40/h18-20,26-35,38-40,42-46,48,58-59H,14-17,21-25H2,1-13H3/t29-,30+,31+,32-,33-,34+,35-,38-,39+,40-,42+,43+,44-,45+,46+,48-,50+,51+/m0/s1. The maximum absolute atomic E-state index is 15.1. The molecule has 0 aromatic carbocycles. The van der Waals surface area contributed by atoms with E-state index in [-0.39, 0.29) is 30.3 Å². The zero-order chi connectivity index (χ0) is 49.8. The number of aromatic nitrogens is 3. The Morgan fingerprint density at radius 2 is 1.66 bits per heavy atom. The number of likely N-dealkylation sites (N-methyl/N-ethyl adjacent to an activating group) is 1. The van der Waals surface area contributed by atoms with E-state index < -0.39 is 102 Å². The first-order valence-corrected chi connectivity index (χ1v) is 25.1. The lowest BCUT2D eigenvalue weighted by atomic mass is 9.73. The predicted molar refractivity (Wildman–Crippen MR) is 253 cm³/mol. The number of methoxy groups -OCH3 is 1. The molecule has 6 rings (SSSR count). The van der Waals surface area contributed by atoms with E-state index >= 15 is 4.79 Å². The lowest BCUT2D eigenvalue weighted by Gasteiger charge is -2.49. The van der Waals surface area contributed by atoms with Gasteiger partial charge in [-0.15, -0.1) is 0 Å². The van der Waals surface area contributed by atoms with E-state index in [0.717, 1.165) is 11.3 Å². The van der Waals surface area contributed by atoms with Gasteiger partial charge < -0.3 is 57.7 Å². The van der Waals surface area contributed by atoms with Crippen molar-refractivity contribution in [3.63, 3.8) is 0 Å². The average molecular weight is 956 g/mol. The summed E-state index contributed by atoms with van der Waals surface area (Å²) < 4.78 is 47.9. The Morgan fingerprint density at radius 3 is 2.31 bits per heavy atom. The number of carbonyl (C=O) groups is 3. The molecule has 1 amide bonds. The zero-order valence-corrected chi connectivity index (χ0v) is 42.8. The van der Waals surface area contributed by atoms with Crippen molar-refractivity contribution in [3.8, 4) is 11.3 Å². The average Bonchev–Trinajstić information content (AvgIpc) is 3.90. The number of ether oxygens (including phenoxy) is 7. The van der Waals surface area contributed by atoms with Gasteiger partial charge in [-0.3, -0.25) is 14.6 Å². The molecular weight excluding hydrogens is 875 g/mol. The number of fused-ring (bicyclic) bond motifs is 1. The molecule has 6 heterocycles. The third-order valence-corrected chi connectivity index (χ3v) is 15.7. The molecule has 2 N–H and O–H groups in total. The highest BCUT2D eigenvalue weighted by molar-refractivity contribution is 5.85. The van der Waals surface area contributed by atoms with E-state index in [1.165, 1.54) is 0 Å². The Hall–Kier alpha value is -3.55. The fourth-order valence-corrected chi connectivity index (χ4v) is 11.5. The molecule has 68 heavy (non-hydrogen) atoms. The number of aliphatic hydroxyl groups is 2. The molecule has 18 atom stereocenters. The number of aryl methyl sites for hydroxylation is 1. The largest absolute Gasteiger partial charge is 0.458 e. The number of esters is 1. The van der Waals surface area contributed by atoms with E-state index in [2.05, 4.69) is 14.9 Å². The van der Waals surface area contributed by atoms with Gasteiger partial charge in [0.1, 0.15) is 18.0 Å². The highest BCUT2D eigenvalue weighted by Crippen LogP contribution is 2.44. The molecule has 17 heteroatoms. The van der Waals surface area contributed by atoms with Gasteiger partial charge in [0.15, 0.2) is 18.2 Å². The Balaban J connectivity index is 1.35. The number of imidazole rings is 1. The first-order valence-electron chi connectivity index (χ1n) is 25.1. The predicted octanol–water partition coefficient (Wildman–Crippen LogP) is 6.27. The lowest BCUT2D eigenvalue weighted by molar-refractivity contribution is -0.311. The minimum absolute atomic E-state index is 0.121. The molecular formula is C51H81N5O12. The summed E-state index contributed by atoms with van der Waals surface area (Å²) in [5.74, 6) is -3.88. The number of unbranched alkanes of at least 4 members (excludes halogenated alkanes) is 1. The third kappa shape index (κ3) is 11.5. The second-order valence-corrected chi connectivity index (χ2v) is 20.7. The first-order chi connectivity index (χ1) is 32.2. The van der Waals surface area contributed by atoms with Crippen LogP contribution < -0.4 is 0 Å². The van der Waals surface area contributed by atoms with Gasteiger partial charge in [0, 0.05) is 74.6 Å². The number of hydrogen-bond acceptors (Lipinski definition) is 15. The highest BCUT2D eigenvalue weighted by Gasteiger charge is 2.60. The fraction of sp³-hybridized carbons (Fsp3) is 0.784. The summed E-state index contributed by atoms with van der Waals surface area (Å²) in [4.78, 5) is 56.6. The van der Waals surface area contributed by atoms with Crippen LogP contribution in [0.3, 0.4) is 0 Å². The number of Topliss-reactive ketones (excluding diaryl/α,β-unsaturated/α-hetero) is 1. The van der Waals surface area contributed by atoms with Gasteiger partial charge in [-0.1, -0.05) is 41.5 Å². The van der Waals surface area contributed by atoms with Crippen LogP contribution in [0.1, 0.15) is 115 Å². The van der Waals surface area contributed by atoms with E-state index in [1.807, 2.05) is 85.3 Å². The number of ketones is 1. The minimum atomic E-state index is -1.40. The summed E-state index contributed by atoms with van der Waals surface area (Å²) in [6.45, 7) is 22.2. The monoisotopic (exact) mass is 956 g/mol. The van der Waals surface area contributed by atoms with Crippen molar-refractivity contribution in [1.82, 2.24) is 24.3 Å². The zero-order valence-electron chi connectivity index (χ0n) is 42.8. The highest BCUT2D eigenvalue weighted by atomic mass is 16.7. The number of amides is 1. The van der Waals surface area contributed by atoms with Crippen molar-refractivity contribution in [3.05, 3.63) is 37.1 Å². The second kappa shape index (κ2) is 22.7. The molecule has 17 nitrogen and oxygen atoms in total. The number of cyclic esters (lactones) is 1. The van der Waals surface area contributed by atoms with Gasteiger partial charge in [0.25, 0.3) is 0 Å². The number of hydrogen-bond donors (Lipinski definition) is 2. The smallest absolute Gasteiger partial charge is 0.410 e. The van der Waals surface area contributed by atoms with Gasteiger partial charge in [-0.05, 0) is 98.4 Å². The van der Waals surface area contributed by atoms with Gasteiger partial charge in [0.05, 0.1) is 60.1 Å². The van der Waals surface area contributed by atoms with Gasteiger partial charge >= 0.3 is 12.1 Å². The number of rotatable bonds is 14. The van der Waals surface area contributed by atoms with E-state index in [0.29, 0.717) is 51.7 Å². The number of carbonyl (C=O) groups excluding carboxylic acids is 3. The Kier molecular flexibility index (Phi) is 17.9. The van der Waals surface area contributed by atoms with Crippen LogP contribution in [0.25, 0.3) is 11.3 Å². The van der Waals surface area contributed by atoms with Crippen LogP contribution in [0.15, 0.2) is 37.1 Å². The number of pyridine rings is 1. The maximum atomic E-state index is 15.1. The summed E-state index contributed by atoms with van der Waals surface area (Å²) >= 11 is 0. The molecule has 4 aliphatic rings. The maximum Gasteiger partial charge on any atom is 0.410 e. The van der Waals surface area contributed by atoms with Gasteiger partial charge in [-0.25, -0.2) is 9.78 Å². The minimum Gasteiger partial charge on any atom is -0.458 e. The fourth-order valence-electron chi connectivity index (χ4n) is 11.5. The summed E-state index contributed by atoms with van der Waals surface area (Å²) in [6.07, 6.45) is 2.15. The first kappa shape index (κ1) is 53.8. The summed E-state index contributed by atoms with van der Waals surface area (Å²) in [5, 5.41) is 22.7. The topological polar surface area (TPSA) is 193 Å². The van der Waals surface area contributed by atoms with Crippen molar-refractivity contribution in [2.75, 3.05) is 27.2 Å². The van der Waals surface area contributed by atoms with Crippen LogP contribution in [0.2, 0.25) is 0 Å². The van der Waals surface area contributed by atoms with Gasteiger partial charge in [-0.2, -0.15) is 0 Å². The second-order valence-electron chi connectivity index (χ2n) is 20.7. The normalized spacial score (nSPS) is 39.9. The van der Waals surface area contributed by atoms with Crippen LogP contribution in [-0.4, -0.2) is 158 Å². The molecule has 0 aliphatic carbocycles. The summed E-state index contributed by atoms with van der Waals surface area (Å²) in [6, 6.07) is 2.78. The summed E-state index contributed by atoms with van der Waals surface area (Å²) in [7, 11) is 3.53. The quantitative estimate of drug-likeness (QED) is 0.159. The van der Waals surface area contributed by atoms with Crippen LogP contribution >= 0.6 is 0 Å². The number of nitrogens with zero attached hydrogens (tertiary/aromatic N) is 5. The van der Waals surface area contributed by atoms with Crippen molar-refractivity contribution in [2.45, 2.75) is 200 Å². The third-order valence-electron chi connectivity index (χ3n) is 15.7. The van der Waals surface area contributed by atoms with Crippen molar-refractivity contribution in [1.29, 1.82) is 0 Å². The molecule has 0 unspecified atom stereocenters. The van der Waals surface area contributed by atoms with Crippen molar-refractivity contribution in [2.24, 2.45) is 29.6 Å². The van der Waals surface area contributed by atoms with E-state index in [1.54, 1.807) is 51.5 Å². The van der Waals surface area contributed by atoms with Gasteiger partial charge in [0.2, 0.25) is 0 Å². The van der Waals surface area contributed by atoms with Crippen LogP contribution in [0.4, 0.5) is 4.79 Å². The lowest BCUT2D eigenvalue weighted by Crippen LogP contribution is -2.61. The molecule has 4 saturated heterocycles. The van der Waals surface area contributed by atoms with Crippen molar-refractivity contribution < 1.29 is 57.8 Å². The molecule has 4 aliphatic heterocycles. The van der Waals surface area contributed by atoms with Crippen LogP contribution in [-0.2, 0) is 49.3 Å². The molecule has 2 aromatic rings. The molecule has 0 saturated carbocycles. The molecule has 0 bridgehead atoms. The molecule has 382 valence electrons. The van der Waals surface area contributed by atoms with E-state index in [9.17, 15) is 19.8 Å². The van der Waals surface area contributed by atoms with Crippen LogP contribution in [0, 0.1) is 29.6 Å². The van der Waals surface area contributed by atoms with Crippen molar-refractivity contribution >= 4 is 17.8 Å². The van der Waals surface area contributed by atoms with E-state index in [4.69, 9.17) is 33.2 Å². The molecule has 0 spiro atoms. The SMILES string of the molecule is CC[C@H]1OC(=O)[C@H](C)[C@@H](O[C@H]2C[C@H](C)[C@@H](O)[C@H](C)O2)[C@H](C)[C@@H](O[C@@H]2O[C@H](C)C[C@H](N(C)CC)[C@H]2O)[C@](C)(OC)C[C@@H](C)C(=O)[C@H](C)[C@H]2N(CCCCn3cnc(-c4cccnc4)c3)C(=O)O[C@]12C. The Bertz CT molecular complexity index is 1960. The Labute approximate surface area is 403 Å². The molecule has 4 fully saturated rings. The van der Waals surface area contributed by atoms with Crippen LogP contribution in [0.5, 0.6) is 0 Å².